The summed E-state index contributed by atoms with van der Waals surface area (Å²) in [6.45, 7) is 0. The Hall–Kier alpha value is -7.20. The largest absolute Gasteiger partial charge is 0.506 e. The van der Waals surface area contributed by atoms with Crippen molar-refractivity contribution in [2.75, 3.05) is 11.5 Å². The molecule has 0 heterocycles. The molecule has 48 heavy (non-hydrogen) atoms. The fourth-order valence-electron chi connectivity index (χ4n) is 4.57. The van der Waals surface area contributed by atoms with E-state index in [2.05, 4.69) is 35.5 Å². The molecular weight excluding hydrogens is 596 g/mol. The Kier molecular flexibility index (Phi) is 9.16. The number of ether oxygens (including phenoxy) is 2. The molecule has 0 atom stereocenters. The minimum Gasteiger partial charge on any atom is -0.506 e. The lowest BCUT2D eigenvalue weighted by Crippen LogP contribution is -2.01. The smallest absolute Gasteiger partial charge is 0.160 e. The number of hydrogen-bond acceptors (Lipinski definition) is 6. The van der Waals surface area contributed by atoms with E-state index in [9.17, 15) is 10.2 Å². The molecule has 6 aromatic rings. The van der Waals surface area contributed by atoms with Gasteiger partial charge < -0.3 is 31.2 Å². The molecule has 0 amide bonds. The number of benzene rings is 6. The Labute approximate surface area is 278 Å². The van der Waals surface area contributed by atoms with Gasteiger partial charge in [-0.25, -0.2) is 0 Å². The molecule has 6 N–H and O–H groups in total. The molecule has 6 heteroatoms. The van der Waals surface area contributed by atoms with Crippen LogP contribution in [0, 0.1) is 35.5 Å². The zero-order valence-corrected chi connectivity index (χ0v) is 25.6. The lowest BCUT2D eigenvalue weighted by Gasteiger charge is -2.17. The molecule has 0 saturated carbocycles. The zero-order chi connectivity index (χ0) is 33.3. The lowest BCUT2D eigenvalue weighted by molar-refractivity contribution is 0.458. The number of hydrogen-bond donors (Lipinski definition) is 4. The molecule has 6 aromatic carbocycles. The maximum absolute atomic E-state index is 10.1. The van der Waals surface area contributed by atoms with Gasteiger partial charge in [0.15, 0.2) is 5.75 Å². The summed E-state index contributed by atoms with van der Waals surface area (Å²) in [5, 5.41) is 20.1. The van der Waals surface area contributed by atoms with Gasteiger partial charge in [-0.05, 0) is 60.7 Å². The minimum absolute atomic E-state index is 0.0628. The van der Waals surface area contributed by atoms with Crippen LogP contribution < -0.4 is 20.9 Å². The molecular formula is C42H28N2O4. The van der Waals surface area contributed by atoms with E-state index in [1.807, 2.05) is 91.0 Å². The molecule has 0 aromatic heterocycles. The monoisotopic (exact) mass is 624 g/mol. The van der Waals surface area contributed by atoms with Crippen molar-refractivity contribution in [3.63, 3.8) is 0 Å². The maximum atomic E-state index is 10.1. The third-order valence-electron chi connectivity index (χ3n) is 7.02. The van der Waals surface area contributed by atoms with Crippen LogP contribution in [0.1, 0.15) is 33.4 Å². The van der Waals surface area contributed by atoms with Crippen molar-refractivity contribution in [2.24, 2.45) is 0 Å². The molecule has 0 bridgehead atoms. The second-order valence-electron chi connectivity index (χ2n) is 10.5. The lowest BCUT2D eigenvalue weighted by atomic mass is 9.99. The molecule has 0 spiro atoms. The molecule has 0 aliphatic carbocycles. The molecule has 0 radical (unpaired) electrons. The second kappa shape index (κ2) is 14.3. The van der Waals surface area contributed by atoms with Gasteiger partial charge in [0.1, 0.15) is 28.7 Å². The zero-order valence-electron chi connectivity index (χ0n) is 25.6. The summed E-state index contributed by atoms with van der Waals surface area (Å²) in [7, 11) is 0. The maximum Gasteiger partial charge on any atom is 0.160 e. The van der Waals surface area contributed by atoms with E-state index in [0.717, 1.165) is 16.7 Å². The average molecular weight is 625 g/mol. The fourth-order valence-corrected chi connectivity index (χ4v) is 4.57. The standard InChI is InChI=1S/C42H28N2O4/c43-37-27-33(20-24-39(37)45)47-41-26-32(19-16-29-10-4-1-5-11-29)42(48-34-21-25-40(46)38(44)28-34)36(23-18-31-14-8-3-9-15-31)35(41)22-17-30-12-6-2-7-13-30/h1-15,20-21,24-28,45-46H,43-44H2. The van der Waals surface area contributed by atoms with E-state index in [0.29, 0.717) is 39.7 Å². The molecule has 0 aliphatic heterocycles. The van der Waals surface area contributed by atoms with Crippen molar-refractivity contribution in [3.05, 3.63) is 167 Å². The van der Waals surface area contributed by atoms with Gasteiger partial charge in [-0.1, -0.05) is 90.1 Å². The molecule has 0 fully saturated rings. The third-order valence-corrected chi connectivity index (χ3v) is 7.02. The highest BCUT2D eigenvalue weighted by Crippen LogP contribution is 2.40. The van der Waals surface area contributed by atoms with E-state index in [1.54, 1.807) is 18.2 Å². The minimum atomic E-state index is -0.0677. The van der Waals surface area contributed by atoms with Gasteiger partial charge in [0.25, 0.3) is 0 Å². The summed E-state index contributed by atoms with van der Waals surface area (Å²) in [5.41, 5.74) is 16.0. The van der Waals surface area contributed by atoms with Gasteiger partial charge in [0, 0.05) is 34.9 Å². The number of aromatic hydroxyl groups is 2. The highest BCUT2D eigenvalue weighted by Gasteiger charge is 2.20. The van der Waals surface area contributed by atoms with E-state index in [4.69, 9.17) is 20.9 Å². The van der Waals surface area contributed by atoms with Crippen LogP contribution in [0.5, 0.6) is 34.5 Å². The van der Waals surface area contributed by atoms with Crippen LogP contribution in [-0.4, -0.2) is 10.2 Å². The predicted octanol–water partition coefficient (Wildman–Crippen LogP) is 8.05. The number of phenols is 2. The highest BCUT2D eigenvalue weighted by atomic mass is 16.5. The summed E-state index contributed by atoms with van der Waals surface area (Å²) in [6, 6.07) is 39.5. The molecule has 230 valence electrons. The quantitative estimate of drug-likeness (QED) is 0.0898. The summed E-state index contributed by atoms with van der Waals surface area (Å²) >= 11 is 0. The van der Waals surface area contributed by atoms with E-state index in [-0.39, 0.29) is 22.9 Å². The van der Waals surface area contributed by atoms with Crippen molar-refractivity contribution in [1.82, 2.24) is 0 Å². The Morgan fingerprint density at radius 2 is 0.875 bits per heavy atom. The van der Waals surface area contributed by atoms with Crippen LogP contribution >= 0.6 is 0 Å². The number of nitrogen functional groups attached to an aromatic ring is 2. The number of rotatable bonds is 4. The Bertz CT molecular complexity index is 2290. The van der Waals surface area contributed by atoms with Crippen LogP contribution in [0.2, 0.25) is 0 Å². The third kappa shape index (κ3) is 7.53. The Morgan fingerprint density at radius 1 is 0.438 bits per heavy atom. The first-order chi connectivity index (χ1) is 23.4. The SMILES string of the molecule is Nc1cc(Oc2cc(C#Cc3ccccc3)c(Oc3ccc(O)c(N)c3)c(C#Cc3ccccc3)c2C#Cc2ccccc2)ccc1O. The van der Waals surface area contributed by atoms with Crippen molar-refractivity contribution < 1.29 is 19.7 Å². The van der Waals surface area contributed by atoms with E-state index >= 15 is 0 Å². The Morgan fingerprint density at radius 3 is 1.35 bits per heavy atom. The summed E-state index contributed by atoms with van der Waals surface area (Å²) in [6.07, 6.45) is 0. The molecule has 0 aliphatic rings. The number of anilines is 2. The van der Waals surface area contributed by atoms with Crippen LogP contribution in [0.25, 0.3) is 0 Å². The van der Waals surface area contributed by atoms with Crippen LogP contribution in [-0.2, 0) is 0 Å². The van der Waals surface area contributed by atoms with Gasteiger partial charge >= 0.3 is 0 Å². The summed E-state index contributed by atoms with van der Waals surface area (Å²) in [4.78, 5) is 0. The summed E-state index contributed by atoms with van der Waals surface area (Å²) in [5.74, 6) is 20.7. The topological polar surface area (TPSA) is 111 Å². The van der Waals surface area contributed by atoms with Gasteiger partial charge in [-0.2, -0.15) is 0 Å². The second-order valence-corrected chi connectivity index (χ2v) is 10.5. The van der Waals surface area contributed by atoms with Crippen LogP contribution in [0.4, 0.5) is 11.4 Å². The van der Waals surface area contributed by atoms with Crippen molar-refractivity contribution >= 4 is 11.4 Å². The van der Waals surface area contributed by atoms with Gasteiger partial charge in [-0.15, -0.1) is 0 Å². The fraction of sp³-hybridized carbons (Fsp3) is 0. The number of nitrogens with two attached hydrogens (primary N) is 2. The highest BCUT2D eigenvalue weighted by molar-refractivity contribution is 5.72. The molecule has 6 nitrogen and oxygen atoms in total. The molecule has 6 rings (SSSR count). The van der Waals surface area contributed by atoms with Gasteiger partial charge in [-0.3, -0.25) is 0 Å². The summed E-state index contributed by atoms with van der Waals surface area (Å²) < 4.78 is 12.9. The van der Waals surface area contributed by atoms with Gasteiger partial charge in [0.2, 0.25) is 0 Å². The van der Waals surface area contributed by atoms with Gasteiger partial charge in [0.05, 0.1) is 28.1 Å². The van der Waals surface area contributed by atoms with Crippen LogP contribution in [0.15, 0.2) is 133 Å². The van der Waals surface area contributed by atoms with Crippen molar-refractivity contribution in [3.8, 4) is 70.0 Å². The Balaban J connectivity index is 1.65. The first-order valence-electron chi connectivity index (χ1n) is 14.9. The first-order valence-corrected chi connectivity index (χ1v) is 14.9. The van der Waals surface area contributed by atoms with Crippen molar-refractivity contribution in [1.29, 1.82) is 0 Å². The van der Waals surface area contributed by atoms with E-state index < -0.39 is 0 Å². The average Bonchev–Trinajstić information content (AvgIpc) is 3.11. The normalized spacial score (nSPS) is 9.92. The number of phenolic OH excluding ortho intramolecular Hbond substituents is 2. The molecule has 0 saturated heterocycles. The van der Waals surface area contributed by atoms with Crippen molar-refractivity contribution in [2.45, 2.75) is 0 Å². The predicted molar refractivity (Wildman–Crippen MR) is 189 cm³/mol. The van der Waals surface area contributed by atoms with E-state index in [1.165, 1.54) is 24.3 Å². The first kappa shape index (κ1) is 30.8. The molecule has 0 unspecified atom stereocenters. The van der Waals surface area contributed by atoms with Crippen LogP contribution in [0.3, 0.4) is 0 Å².